The summed E-state index contributed by atoms with van der Waals surface area (Å²) in [6.07, 6.45) is 5.43. The van der Waals surface area contributed by atoms with E-state index in [-0.39, 0.29) is 60.1 Å². The molecule has 3 amide bonds. The molecule has 182 valence electrons. The van der Waals surface area contributed by atoms with Gasteiger partial charge in [-0.1, -0.05) is 35.9 Å². The molecule has 0 spiro atoms. The van der Waals surface area contributed by atoms with Gasteiger partial charge in [-0.25, -0.2) is 4.90 Å². The molecule has 0 N–H and O–H groups in total. The van der Waals surface area contributed by atoms with Crippen LogP contribution in [0.15, 0.2) is 60.7 Å². The Morgan fingerprint density at radius 2 is 1.56 bits per heavy atom. The number of anilines is 2. The van der Waals surface area contributed by atoms with Crippen molar-refractivity contribution in [1.82, 2.24) is 0 Å². The molecule has 2 aromatic carbocycles. The number of amides is 3. The number of carbonyl (C=O) groups is 4. The summed E-state index contributed by atoms with van der Waals surface area (Å²) in [5.41, 5.74) is 1.05. The quantitative estimate of drug-likeness (QED) is 0.274. The van der Waals surface area contributed by atoms with Crippen molar-refractivity contribution in [3.63, 3.8) is 0 Å². The van der Waals surface area contributed by atoms with Crippen molar-refractivity contribution >= 4 is 46.7 Å². The second-order valence-corrected chi connectivity index (χ2v) is 10.9. The molecule has 2 aromatic rings. The van der Waals surface area contributed by atoms with Gasteiger partial charge in [0.25, 0.3) is 0 Å². The van der Waals surface area contributed by atoms with Crippen molar-refractivity contribution in [3.8, 4) is 5.75 Å². The topological polar surface area (TPSA) is 84.0 Å². The molecule has 2 heterocycles. The van der Waals surface area contributed by atoms with Crippen LogP contribution in [0, 0.1) is 41.4 Å². The Bertz CT molecular complexity index is 1340. The number of hydrogen-bond acceptors (Lipinski definition) is 5. The van der Waals surface area contributed by atoms with Crippen molar-refractivity contribution < 1.29 is 23.9 Å². The molecule has 4 fully saturated rings. The lowest BCUT2D eigenvalue weighted by Crippen LogP contribution is -2.40. The SMILES string of the molecule is O=C(Oc1cccc(N2C(=O)[C@@H]3[C@H]4C=C[C@@H]([C@@H]5C[C@H]45)[C@@H]3C2=O)c1)[C@H]1CC(=O)N(c2cccc(Cl)c2)C1. The predicted molar refractivity (Wildman–Crippen MR) is 131 cm³/mol. The van der Waals surface area contributed by atoms with E-state index in [0.717, 1.165) is 6.42 Å². The first kappa shape index (κ1) is 21.8. The number of allylic oxidation sites excluding steroid dienone is 2. The lowest BCUT2D eigenvalue weighted by atomic mass is 9.63. The Labute approximate surface area is 212 Å². The second kappa shape index (κ2) is 7.77. The number of ether oxygens (including phenoxy) is 1. The molecule has 2 aliphatic heterocycles. The molecule has 7 nitrogen and oxygen atoms in total. The van der Waals surface area contributed by atoms with Gasteiger partial charge in [-0.3, -0.25) is 19.2 Å². The summed E-state index contributed by atoms with van der Waals surface area (Å²) in [5.74, 6) is -0.620. The first-order valence-electron chi connectivity index (χ1n) is 12.3. The first-order valence-corrected chi connectivity index (χ1v) is 12.7. The zero-order valence-corrected chi connectivity index (χ0v) is 20.0. The molecule has 0 aromatic heterocycles. The highest BCUT2D eigenvalue weighted by molar-refractivity contribution is 6.31. The van der Waals surface area contributed by atoms with Crippen molar-refractivity contribution in [2.75, 3.05) is 16.3 Å². The van der Waals surface area contributed by atoms with E-state index in [1.165, 1.54) is 9.80 Å². The van der Waals surface area contributed by atoms with Gasteiger partial charge in [0.2, 0.25) is 17.7 Å². The van der Waals surface area contributed by atoms with E-state index in [1.54, 1.807) is 48.5 Å². The minimum atomic E-state index is -0.633. The Kier molecular flexibility index (Phi) is 4.71. The van der Waals surface area contributed by atoms with Crippen LogP contribution in [0.5, 0.6) is 5.75 Å². The van der Waals surface area contributed by atoms with E-state index < -0.39 is 11.9 Å². The summed E-state index contributed by atoms with van der Waals surface area (Å²) < 4.78 is 5.62. The second-order valence-electron chi connectivity index (χ2n) is 10.5. The Morgan fingerprint density at radius 1 is 0.889 bits per heavy atom. The predicted octanol–water partition coefficient (Wildman–Crippen LogP) is 3.86. The van der Waals surface area contributed by atoms with Crippen LogP contribution in [0.4, 0.5) is 11.4 Å². The van der Waals surface area contributed by atoms with Crippen LogP contribution < -0.4 is 14.5 Å². The van der Waals surface area contributed by atoms with Gasteiger partial charge in [0.1, 0.15) is 5.75 Å². The van der Waals surface area contributed by atoms with E-state index >= 15 is 0 Å². The van der Waals surface area contributed by atoms with E-state index in [0.29, 0.717) is 28.2 Å². The molecule has 36 heavy (non-hydrogen) atoms. The number of rotatable bonds is 4. The Morgan fingerprint density at radius 3 is 2.25 bits per heavy atom. The van der Waals surface area contributed by atoms with Gasteiger partial charge in [0.15, 0.2) is 0 Å². The van der Waals surface area contributed by atoms with Gasteiger partial charge in [0.05, 0.1) is 23.4 Å². The lowest BCUT2D eigenvalue weighted by Gasteiger charge is -2.37. The third kappa shape index (κ3) is 3.18. The number of halogens is 1. The monoisotopic (exact) mass is 502 g/mol. The maximum absolute atomic E-state index is 13.4. The molecule has 0 radical (unpaired) electrons. The third-order valence-corrected chi connectivity index (χ3v) is 8.77. The minimum Gasteiger partial charge on any atom is -0.426 e. The highest BCUT2D eigenvalue weighted by Gasteiger charge is 2.67. The fraction of sp³-hybridized carbons (Fsp3) is 0.357. The van der Waals surface area contributed by atoms with Crippen LogP contribution >= 0.6 is 11.6 Å². The fourth-order valence-corrected chi connectivity index (χ4v) is 7.04. The summed E-state index contributed by atoms with van der Waals surface area (Å²) in [5, 5.41) is 0.509. The van der Waals surface area contributed by atoms with E-state index in [4.69, 9.17) is 16.3 Å². The number of hydrogen-bond donors (Lipinski definition) is 0. The Hall–Kier alpha value is -3.45. The van der Waals surface area contributed by atoms with E-state index in [1.807, 2.05) is 0 Å². The number of esters is 1. The normalized spacial score (nSPS) is 33.7. The molecule has 8 heteroatoms. The number of nitrogens with zero attached hydrogens (tertiary/aromatic N) is 2. The van der Waals surface area contributed by atoms with Gasteiger partial charge in [0, 0.05) is 29.7 Å². The zero-order chi connectivity index (χ0) is 24.7. The summed E-state index contributed by atoms with van der Waals surface area (Å²) in [7, 11) is 0. The average molecular weight is 503 g/mol. The summed E-state index contributed by atoms with van der Waals surface area (Å²) in [6.45, 7) is 0.197. The summed E-state index contributed by atoms with van der Waals surface area (Å²) in [4.78, 5) is 55.1. The van der Waals surface area contributed by atoms with Gasteiger partial charge < -0.3 is 9.64 Å². The first-order chi connectivity index (χ1) is 17.4. The van der Waals surface area contributed by atoms with Crippen molar-refractivity contribution in [1.29, 1.82) is 0 Å². The highest BCUT2D eigenvalue weighted by atomic mass is 35.5. The largest absolute Gasteiger partial charge is 0.426 e. The molecule has 0 unspecified atom stereocenters. The van der Waals surface area contributed by atoms with Crippen LogP contribution in [0.3, 0.4) is 0 Å². The molecular weight excluding hydrogens is 480 g/mol. The molecular formula is C28H23ClN2O5. The highest BCUT2D eigenvalue weighted by Crippen LogP contribution is 2.65. The third-order valence-electron chi connectivity index (χ3n) is 8.54. The minimum absolute atomic E-state index is 0.0373. The maximum Gasteiger partial charge on any atom is 0.316 e. The summed E-state index contributed by atoms with van der Waals surface area (Å²) >= 11 is 6.05. The molecule has 8 rings (SSSR count). The number of carbonyl (C=O) groups excluding carboxylic acids is 4. The Balaban J connectivity index is 1.08. The van der Waals surface area contributed by atoms with Crippen molar-refractivity contribution in [2.45, 2.75) is 12.8 Å². The van der Waals surface area contributed by atoms with Crippen LogP contribution in [-0.4, -0.2) is 30.2 Å². The molecule has 7 atom stereocenters. The molecule has 2 saturated heterocycles. The van der Waals surface area contributed by atoms with Gasteiger partial charge in [-0.05, 0) is 60.4 Å². The number of imide groups is 1. The summed E-state index contributed by atoms with van der Waals surface area (Å²) in [6, 6.07) is 13.5. The standard InChI is InChI=1S/C28H23ClN2O5/c29-15-3-1-4-16(10-15)30-13-14(9-23(30)32)28(35)36-18-6-2-5-17(11-18)31-26(33)24-19-7-8-20(22-12-21(19)22)25(24)27(31)34/h1-8,10-11,14,19-22,24-25H,9,12-13H2/t14-,19-,20-,21-,22+,24-,25+/m0/s1. The maximum atomic E-state index is 13.4. The van der Waals surface area contributed by atoms with Gasteiger partial charge >= 0.3 is 5.97 Å². The fourth-order valence-electron chi connectivity index (χ4n) is 6.86. The molecule has 2 bridgehead atoms. The number of benzene rings is 2. The molecule has 6 aliphatic rings. The van der Waals surface area contributed by atoms with Crippen LogP contribution in [0.2, 0.25) is 5.02 Å². The smallest absolute Gasteiger partial charge is 0.316 e. The van der Waals surface area contributed by atoms with E-state index in [9.17, 15) is 19.2 Å². The average Bonchev–Trinajstić information content (AvgIpc) is 3.54. The zero-order valence-electron chi connectivity index (χ0n) is 19.2. The van der Waals surface area contributed by atoms with Crippen LogP contribution in [0.25, 0.3) is 0 Å². The lowest BCUT2D eigenvalue weighted by molar-refractivity contribution is -0.139. The van der Waals surface area contributed by atoms with Crippen molar-refractivity contribution in [2.24, 2.45) is 41.4 Å². The molecule has 2 saturated carbocycles. The van der Waals surface area contributed by atoms with Gasteiger partial charge in [-0.2, -0.15) is 0 Å². The van der Waals surface area contributed by atoms with Crippen LogP contribution in [-0.2, 0) is 19.2 Å². The van der Waals surface area contributed by atoms with Crippen molar-refractivity contribution in [3.05, 3.63) is 65.7 Å². The van der Waals surface area contributed by atoms with Gasteiger partial charge in [-0.15, -0.1) is 0 Å². The van der Waals surface area contributed by atoms with E-state index in [2.05, 4.69) is 12.2 Å². The molecule has 4 aliphatic carbocycles. The van der Waals surface area contributed by atoms with Crippen LogP contribution in [0.1, 0.15) is 12.8 Å².